The van der Waals surface area contributed by atoms with Gasteiger partial charge >= 0.3 is 5.00 Å². The zero-order valence-corrected chi connectivity index (χ0v) is 9.18. The van der Waals surface area contributed by atoms with Gasteiger partial charge in [-0.05, 0) is 6.07 Å². The van der Waals surface area contributed by atoms with Gasteiger partial charge in [-0.15, -0.1) is 0 Å². The number of nitro groups is 1. The molecule has 0 radical (unpaired) electrons. The fourth-order valence-corrected chi connectivity index (χ4v) is 2.08. The SMILES string of the molecule is NC(=O)c1sc([N+](=O)[O-])cc1-c1ncccn1. The van der Waals surface area contributed by atoms with Crippen molar-refractivity contribution in [3.8, 4) is 11.4 Å². The van der Waals surface area contributed by atoms with Gasteiger partial charge in [-0.2, -0.15) is 0 Å². The third-order valence-electron chi connectivity index (χ3n) is 1.93. The van der Waals surface area contributed by atoms with Crippen LogP contribution in [0.4, 0.5) is 5.00 Å². The molecular weight excluding hydrogens is 244 g/mol. The molecule has 0 aromatic carbocycles. The summed E-state index contributed by atoms with van der Waals surface area (Å²) in [5.41, 5.74) is 5.45. The molecule has 7 nitrogen and oxygen atoms in total. The van der Waals surface area contributed by atoms with Crippen molar-refractivity contribution in [1.82, 2.24) is 9.97 Å². The summed E-state index contributed by atoms with van der Waals surface area (Å²) in [6, 6.07) is 2.86. The molecule has 2 aromatic rings. The third kappa shape index (κ3) is 2.11. The summed E-state index contributed by atoms with van der Waals surface area (Å²) >= 11 is 0.717. The Balaban J connectivity index is 2.60. The summed E-state index contributed by atoms with van der Waals surface area (Å²) in [7, 11) is 0. The summed E-state index contributed by atoms with van der Waals surface area (Å²) < 4.78 is 0. The van der Waals surface area contributed by atoms with Gasteiger partial charge in [-0.3, -0.25) is 14.9 Å². The number of rotatable bonds is 3. The number of primary amides is 1. The molecule has 17 heavy (non-hydrogen) atoms. The van der Waals surface area contributed by atoms with Gasteiger partial charge in [-0.25, -0.2) is 9.97 Å². The van der Waals surface area contributed by atoms with Crippen molar-refractivity contribution in [2.24, 2.45) is 5.73 Å². The first-order valence-electron chi connectivity index (χ1n) is 4.45. The Morgan fingerprint density at radius 2 is 2.06 bits per heavy atom. The van der Waals surface area contributed by atoms with Crippen LogP contribution in [0.25, 0.3) is 11.4 Å². The van der Waals surface area contributed by atoms with Crippen molar-refractivity contribution in [1.29, 1.82) is 0 Å². The van der Waals surface area contributed by atoms with Crippen LogP contribution in [0.5, 0.6) is 0 Å². The van der Waals surface area contributed by atoms with Crippen LogP contribution in [0.3, 0.4) is 0 Å². The minimum absolute atomic E-state index is 0.0860. The van der Waals surface area contributed by atoms with Gasteiger partial charge in [0, 0.05) is 24.0 Å². The lowest BCUT2D eigenvalue weighted by molar-refractivity contribution is -0.380. The molecule has 0 atom stereocenters. The second-order valence-electron chi connectivity index (χ2n) is 3.02. The molecule has 0 saturated heterocycles. The maximum atomic E-state index is 11.2. The van der Waals surface area contributed by atoms with Crippen LogP contribution < -0.4 is 5.73 Å². The first kappa shape index (κ1) is 11.1. The van der Waals surface area contributed by atoms with E-state index in [2.05, 4.69) is 9.97 Å². The summed E-state index contributed by atoms with van der Waals surface area (Å²) in [5, 5.41) is 10.5. The van der Waals surface area contributed by atoms with E-state index < -0.39 is 10.8 Å². The van der Waals surface area contributed by atoms with Crippen LogP contribution in [0, 0.1) is 10.1 Å². The van der Waals surface area contributed by atoms with E-state index in [1.165, 1.54) is 18.5 Å². The van der Waals surface area contributed by atoms with Crippen LogP contribution in [-0.2, 0) is 0 Å². The number of nitrogens with two attached hydrogens (primary N) is 1. The Hall–Kier alpha value is -2.35. The van der Waals surface area contributed by atoms with E-state index in [0.717, 1.165) is 0 Å². The van der Waals surface area contributed by atoms with E-state index in [1.54, 1.807) is 6.07 Å². The average molecular weight is 250 g/mol. The Morgan fingerprint density at radius 3 is 2.59 bits per heavy atom. The molecule has 0 spiro atoms. The first-order chi connectivity index (χ1) is 8.09. The quantitative estimate of drug-likeness (QED) is 0.649. The minimum atomic E-state index is -0.731. The lowest BCUT2D eigenvalue weighted by Crippen LogP contribution is -2.10. The van der Waals surface area contributed by atoms with E-state index in [1.807, 2.05) is 0 Å². The number of hydrogen-bond donors (Lipinski definition) is 1. The summed E-state index contributed by atoms with van der Waals surface area (Å²) in [4.78, 5) is 29.2. The standard InChI is InChI=1S/C9H6N4O3S/c10-8(14)7-5(4-6(17-7)13(15)16)9-11-2-1-3-12-9/h1-4H,(H2,10,14). The summed E-state index contributed by atoms with van der Waals surface area (Å²) in [6.45, 7) is 0. The Labute approximate surface area is 99.1 Å². The molecule has 0 saturated carbocycles. The Kier molecular flexibility index (Phi) is 2.79. The molecule has 8 heteroatoms. The molecule has 2 aromatic heterocycles. The van der Waals surface area contributed by atoms with E-state index in [9.17, 15) is 14.9 Å². The second kappa shape index (κ2) is 4.26. The van der Waals surface area contributed by atoms with Crippen LogP contribution >= 0.6 is 11.3 Å². The van der Waals surface area contributed by atoms with E-state index in [4.69, 9.17) is 5.73 Å². The lowest BCUT2D eigenvalue weighted by atomic mass is 10.2. The van der Waals surface area contributed by atoms with Crippen molar-refractivity contribution >= 4 is 22.2 Å². The number of thiophene rings is 1. The monoisotopic (exact) mass is 250 g/mol. The number of carbonyl (C=O) groups is 1. The number of aromatic nitrogens is 2. The molecule has 0 aliphatic heterocycles. The van der Waals surface area contributed by atoms with E-state index in [0.29, 0.717) is 11.3 Å². The summed E-state index contributed by atoms with van der Waals surface area (Å²) in [6.07, 6.45) is 2.97. The van der Waals surface area contributed by atoms with Crippen LogP contribution in [-0.4, -0.2) is 20.8 Å². The molecule has 0 aliphatic carbocycles. The molecule has 0 unspecified atom stereocenters. The lowest BCUT2D eigenvalue weighted by Gasteiger charge is -1.96. The van der Waals surface area contributed by atoms with Gasteiger partial charge in [-0.1, -0.05) is 11.3 Å². The highest BCUT2D eigenvalue weighted by Crippen LogP contribution is 2.33. The molecule has 2 rings (SSSR count). The Morgan fingerprint density at radius 1 is 1.41 bits per heavy atom. The van der Waals surface area contributed by atoms with Crippen molar-refractivity contribution < 1.29 is 9.72 Å². The van der Waals surface area contributed by atoms with Crippen LogP contribution in [0.15, 0.2) is 24.5 Å². The highest BCUT2D eigenvalue weighted by atomic mass is 32.1. The largest absolute Gasteiger partial charge is 0.365 e. The minimum Gasteiger partial charge on any atom is -0.365 e. The number of hydrogen-bond acceptors (Lipinski definition) is 6. The van der Waals surface area contributed by atoms with Gasteiger partial charge in [0.25, 0.3) is 5.91 Å². The zero-order valence-electron chi connectivity index (χ0n) is 8.36. The third-order valence-corrected chi connectivity index (χ3v) is 3.03. The fraction of sp³-hybridized carbons (Fsp3) is 0. The first-order valence-corrected chi connectivity index (χ1v) is 5.26. The van der Waals surface area contributed by atoms with Crippen LogP contribution in [0.2, 0.25) is 0 Å². The fourth-order valence-electron chi connectivity index (χ4n) is 1.26. The van der Waals surface area contributed by atoms with Gasteiger partial charge in [0.05, 0.1) is 4.92 Å². The zero-order chi connectivity index (χ0) is 12.4. The molecule has 2 N–H and O–H groups in total. The van der Waals surface area contributed by atoms with Gasteiger partial charge in [0.15, 0.2) is 5.82 Å². The summed E-state index contributed by atoms with van der Waals surface area (Å²) in [5.74, 6) is -0.490. The number of carbonyl (C=O) groups excluding carboxylic acids is 1. The number of nitrogens with zero attached hydrogens (tertiary/aromatic N) is 3. The normalized spacial score (nSPS) is 10.1. The molecule has 1 amide bonds. The highest BCUT2D eigenvalue weighted by molar-refractivity contribution is 7.17. The molecule has 0 bridgehead atoms. The van der Waals surface area contributed by atoms with Crippen molar-refractivity contribution in [2.75, 3.05) is 0 Å². The maximum absolute atomic E-state index is 11.2. The van der Waals surface area contributed by atoms with Crippen LogP contribution in [0.1, 0.15) is 9.67 Å². The van der Waals surface area contributed by atoms with Crippen molar-refractivity contribution in [3.05, 3.63) is 39.5 Å². The van der Waals surface area contributed by atoms with E-state index in [-0.39, 0.29) is 21.3 Å². The topological polar surface area (TPSA) is 112 Å². The van der Waals surface area contributed by atoms with Crippen molar-refractivity contribution in [2.45, 2.75) is 0 Å². The Bertz CT molecular complexity index is 581. The molecule has 2 heterocycles. The average Bonchev–Trinajstić information content (AvgIpc) is 2.75. The van der Waals surface area contributed by atoms with Gasteiger partial charge in [0.1, 0.15) is 4.88 Å². The smallest absolute Gasteiger partial charge is 0.325 e. The second-order valence-corrected chi connectivity index (χ2v) is 4.05. The maximum Gasteiger partial charge on any atom is 0.325 e. The van der Waals surface area contributed by atoms with Gasteiger partial charge in [0.2, 0.25) is 0 Å². The molecule has 86 valence electrons. The molecule has 0 aliphatic rings. The predicted molar refractivity (Wildman–Crippen MR) is 60.5 cm³/mol. The van der Waals surface area contributed by atoms with Gasteiger partial charge < -0.3 is 5.73 Å². The highest BCUT2D eigenvalue weighted by Gasteiger charge is 2.22. The predicted octanol–water partition coefficient (Wildman–Crippen LogP) is 1.21. The molecule has 0 fully saturated rings. The molecular formula is C9H6N4O3S. The number of amides is 1. The van der Waals surface area contributed by atoms with E-state index >= 15 is 0 Å². The van der Waals surface area contributed by atoms with Crippen molar-refractivity contribution in [3.63, 3.8) is 0 Å².